The predicted octanol–water partition coefficient (Wildman–Crippen LogP) is 3.19. The number of rotatable bonds is 3. The second kappa shape index (κ2) is 8.32. The predicted molar refractivity (Wildman–Crippen MR) is 112 cm³/mol. The molecule has 1 saturated carbocycles. The van der Waals surface area contributed by atoms with Crippen LogP contribution in [0.1, 0.15) is 72.1 Å². The highest BCUT2D eigenvalue weighted by Gasteiger charge is 2.46. The molecular formula is C22H38N4O3. The maximum absolute atomic E-state index is 12.6. The summed E-state index contributed by atoms with van der Waals surface area (Å²) in [6, 6.07) is 1.34. The van der Waals surface area contributed by atoms with Crippen molar-refractivity contribution in [1.29, 1.82) is 0 Å². The maximum atomic E-state index is 12.6. The Labute approximate surface area is 175 Å². The minimum atomic E-state index is -0.178. The van der Waals surface area contributed by atoms with Gasteiger partial charge in [0.15, 0.2) is 0 Å². The van der Waals surface area contributed by atoms with E-state index in [4.69, 9.17) is 4.74 Å². The summed E-state index contributed by atoms with van der Waals surface area (Å²) in [5, 5.41) is 3.24. The van der Waals surface area contributed by atoms with Gasteiger partial charge in [0.2, 0.25) is 0 Å². The van der Waals surface area contributed by atoms with Crippen LogP contribution < -0.4 is 5.32 Å². The topological polar surface area (TPSA) is 65.1 Å². The number of urea groups is 1. The molecule has 4 fully saturated rings. The van der Waals surface area contributed by atoms with Gasteiger partial charge < -0.3 is 19.9 Å². The van der Waals surface area contributed by atoms with Crippen LogP contribution in [0.5, 0.6) is 0 Å². The second-order valence-corrected chi connectivity index (χ2v) is 9.95. The quantitative estimate of drug-likeness (QED) is 0.782. The Morgan fingerprint density at radius 1 is 1.07 bits per heavy atom. The molecule has 0 spiro atoms. The first-order valence-corrected chi connectivity index (χ1v) is 11.7. The zero-order valence-electron chi connectivity index (χ0n) is 18.4. The lowest BCUT2D eigenvalue weighted by atomic mass is 9.85. The van der Waals surface area contributed by atoms with E-state index in [1.807, 2.05) is 18.7 Å². The van der Waals surface area contributed by atoms with Gasteiger partial charge in [-0.05, 0) is 59.3 Å². The van der Waals surface area contributed by atoms with Crippen LogP contribution in [-0.4, -0.2) is 82.8 Å². The number of carbonyl (C=O) groups is 2. The fourth-order valence-electron chi connectivity index (χ4n) is 5.88. The molecule has 29 heavy (non-hydrogen) atoms. The molecule has 0 radical (unpaired) electrons. The van der Waals surface area contributed by atoms with Gasteiger partial charge >= 0.3 is 12.1 Å². The molecule has 2 atom stereocenters. The fraction of sp³-hybridized carbons (Fsp3) is 0.909. The molecule has 1 aliphatic carbocycles. The Bertz CT molecular complexity index is 609. The zero-order chi connectivity index (χ0) is 20.6. The van der Waals surface area contributed by atoms with Gasteiger partial charge in [-0.3, -0.25) is 4.90 Å². The average molecular weight is 407 g/mol. The van der Waals surface area contributed by atoms with Crippen molar-refractivity contribution in [3.05, 3.63) is 0 Å². The Hall–Kier alpha value is -1.50. The molecule has 0 aromatic carbocycles. The zero-order valence-corrected chi connectivity index (χ0v) is 18.4. The number of nitrogens with zero attached hydrogens (tertiary/aromatic N) is 3. The van der Waals surface area contributed by atoms with Crippen LogP contribution in [0.15, 0.2) is 0 Å². The number of nitrogens with one attached hydrogen (secondary N) is 1. The van der Waals surface area contributed by atoms with Crippen LogP contribution >= 0.6 is 0 Å². The maximum Gasteiger partial charge on any atom is 0.410 e. The molecule has 1 unspecified atom stereocenters. The molecule has 3 aliphatic heterocycles. The molecular weight excluding hydrogens is 368 g/mol. The number of hydrogen-bond donors (Lipinski definition) is 1. The van der Waals surface area contributed by atoms with Crippen LogP contribution in [0.4, 0.5) is 9.59 Å². The third kappa shape index (κ3) is 4.21. The summed E-state index contributed by atoms with van der Waals surface area (Å²) in [6.45, 7) is 9.74. The minimum Gasteiger partial charge on any atom is -0.447 e. The van der Waals surface area contributed by atoms with E-state index in [1.165, 1.54) is 12.8 Å². The van der Waals surface area contributed by atoms with Crippen LogP contribution in [0.3, 0.4) is 0 Å². The monoisotopic (exact) mass is 406 g/mol. The third-order valence-electron chi connectivity index (χ3n) is 7.69. The number of carbonyl (C=O) groups excluding carboxylic acids is 2. The molecule has 3 heterocycles. The Morgan fingerprint density at radius 3 is 2.38 bits per heavy atom. The summed E-state index contributed by atoms with van der Waals surface area (Å²) < 4.78 is 5.36. The van der Waals surface area contributed by atoms with Gasteiger partial charge in [0, 0.05) is 37.8 Å². The first-order valence-electron chi connectivity index (χ1n) is 11.7. The summed E-state index contributed by atoms with van der Waals surface area (Å²) in [6.07, 6.45) is 8.64. The van der Waals surface area contributed by atoms with E-state index >= 15 is 0 Å². The molecule has 164 valence electrons. The highest BCUT2D eigenvalue weighted by molar-refractivity contribution is 5.78. The van der Waals surface area contributed by atoms with E-state index in [2.05, 4.69) is 22.0 Å². The van der Waals surface area contributed by atoms with Crippen molar-refractivity contribution in [2.24, 2.45) is 0 Å². The van der Waals surface area contributed by atoms with Crippen LogP contribution in [0.25, 0.3) is 0 Å². The first-order chi connectivity index (χ1) is 13.9. The SMILES string of the molecule is CC(C)OC(=O)N1CCC(C)(N2CCC(N3C(=O)NC4CCCC[C@@H]43)CC2)CC1. The summed E-state index contributed by atoms with van der Waals surface area (Å²) >= 11 is 0. The van der Waals surface area contributed by atoms with Gasteiger partial charge in [-0.1, -0.05) is 12.8 Å². The summed E-state index contributed by atoms with van der Waals surface area (Å²) in [4.78, 5) is 31.5. The van der Waals surface area contributed by atoms with Crippen molar-refractivity contribution in [2.75, 3.05) is 26.2 Å². The molecule has 3 saturated heterocycles. The van der Waals surface area contributed by atoms with Gasteiger partial charge in [0.25, 0.3) is 0 Å². The summed E-state index contributed by atoms with van der Waals surface area (Å²) in [7, 11) is 0. The van der Waals surface area contributed by atoms with Crippen LogP contribution in [0.2, 0.25) is 0 Å². The first kappa shape index (κ1) is 20.8. The number of ether oxygens (including phenoxy) is 1. The Kier molecular flexibility index (Phi) is 5.96. The molecule has 7 nitrogen and oxygen atoms in total. The van der Waals surface area contributed by atoms with Crippen molar-refractivity contribution < 1.29 is 14.3 Å². The van der Waals surface area contributed by atoms with Crippen molar-refractivity contribution >= 4 is 12.1 Å². The highest BCUT2D eigenvalue weighted by atomic mass is 16.6. The van der Waals surface area contributed by atoms with Crippen molar-refractivity contribution in [2.45, 2.75) is 102 Å². The largest absolute Gasteiger partial charge is 0.447 e. The molecule has 4 rings (SSSR count). The summed E-state index contributed by atoms with van der Waals surface area (Å²) in [5.41, 5.74) is 0.139. The lowest BCUT2D eigenvalue weighted by molar-refractivity contribution is -0.00233. The fourth-order valence-corrected chi connectivity index (χ4v) is 5.88. The molecule has 0 bridgehead atoms. The average Bonchev–Trinajstić information content (AvgIpc) is 3.04. The van der Waals surface area contributed by atoms with E-state index in [-0.39, 0.29) is 23.8 Å². The van der Waals surface area contributed by atoms with Crippen LogP contribution in [-0.2, 0) is 4.74 Å². The molecule has 0 aromatic heterocycles. The van der Waals surface area contributed by atoms with Gasteiger partial charge in [0.05, 0.1) is 18.2 Å². The number of piperidine rings is 2. The minimum absolute atomic E-state index is 0.0682. The van der Waals surface area contributed by atoms with Crippen molar-refractivity contribution in [1.82, 2.24) is 20.0 Å². The van der Waals surface area contributed by atoms with Gasteiger partial charge in [-0.2, -0.15) is 0 Å². The standard InChI is InChI=1S/C22H38N4O3/c1-16(2)29-21(28)24-14-10-22(3,11-15-24)25-12-8-17(9-13-25)26-19-7-5-4-6-18(19)23-20(26)27/h16-19H,4-15H2,1-3H3,(H,23,27)/t18?,19-/m0/s1. The molecule has 7 heteroatoms. The van der Waals surface area contributed by atoms with Crippen LogP contribution in [0, 0.1) is 0 Å². The van der Waals surface area contributed by atoms with Gasteiger partial charge in [-0.25, -0.2) is 9.59 Å². The number of hydrogen-bond acceptors (Lipinski definition) is 4. The van der Waals surface area contributed by atoms with E-state index in [0.717, 1.165) is 64.7 Å². The van der Waals surface area contributed by atoms with Gasteiger partial charge in [0.1, 0.15) is 0 Å². The number of likely N-dealkylation sites (tertiary alicyclic amines) is 2. The smallest absolute Gasteiger partial charge is 0.410 e. The third-order valence-corrected chi connectivity index (χ3v) is 7.69. The van der Waals surface area contributed by atoms with Gasteiger partial charge in [-0.15, -0.1) is 0 Å². The molecule has 0 aromatic rings. The molecule has 1 N–H and O–H groups in total. The number of amides is 3. The number of fused-ring (bicyclic) bond motifs is 1. The van der Waals surface area contributed by atoms with Crippen molar-refractivity contribution in [3.63, 3.8) is 0 Å². The Morgan fingerprint density at radius 2 is 1.72 bits per heavy atom. The lowest BCUT2D eigenvalue weighted by Gasteiger charge is -2.50. The van der Waals surface area contributed by atoms with E-state index in [9.17, 15) is 9.59 Å². The lowest BCUT2D eigenvalue weighted by Crippen LogP contribution is -2.59. The highest BCUT2D eigenvalue weighted by Crippen LogP contribution is 2.35. The van der Waals surface area contributed by atoms with E-state index in [0.29, 0.717) is 18.1 Å². The Balaban J connectivity index is 1.29. The van der Waals surface area contributed by atoms with Crippen molar-refractivity contribution in [3.8, 4) is 0 Å². The van der Waals surface area contributed by atoms with E-state index < -0.39 is 0 Å². The normalized spacial score (nSPS) is 31.0. The molecule has 4 aliphatic rings. The second-order valence-electron chi connectivity index (χ2n) is 9.95. The van der Waals surface area contributed by atoms with E-state index in [1.54, 1.807) is 0 Å². The molecule has 3 amide bonds. The summed E-state index contributed by atoms with van der Waals surface area (Å²) in [5.74, 6) is 0.